The fourth-order valence-electron chi connectivity index (χ4n) is 2.89. The molecule has 0 unspecified atom stereocenters. The highest BCUT2D eigenvalue weighted by molar-refractivity contribution is 5.96. The highest BCUT2D eigenvalue weighted by Crippen LogP contribution is 2.28. The van der Waals surface area contributed by atoms with Gasteiger partial charge in [-0.25, -0.2) is 0 Å². The molecular formula is C16H16N4O3. The van der Waals surface area contributed by atoms with Crippen LogP contribution in [-0.2, 0) is 4.79 Å². The van der Waals surface area contributed by atoms with Gasteiger partial charge in [-0.3, -0.25) is 4.79 Å². The van der Waals surface area contributed by atoms with Crippen LogP contribution >= 0.6 is 0 Å². The minimum Gasteiger partial charge on any atom is -0.423 e. The maximum Gasteiger partial charge on any atom is 0.299 e. The van der Waals surface area contributed by atoms with Crippen molar-refractivity contribution in [1.82, 2.24) is 10.1 Å². The predicted octanol–water partition coefficient (Wildman–Crippen LogP) is 2.73. The van der Waals surface area contributed by atoms with E-state index in [2.05, 4.69) is 15.5 Å². The van der Waals surface area contributed by atoms with Crippen LogP contribution in [0.1, 0.15) is 18.6 Å². The van der Waals surface area contributed by atoms with E-state index in [0.29, 0.717) is 17.6 Å². The zero-order valence-corrected chi connectivity index (χ0v) is 12.7. The van der Waals surface area contributed by atoms with E-state index in [0.717, 1.165) is 30.5 Å². The maximum atomic E-state index is 12.5. The lowest BCUT2D eigenvalue weighted by molar-refractivity contribution is -0.117. The lowest BCUT2D eigenvalue weighted by atomic mass is 10.2. The number of hydrogen-bond acceptors (Lipinski definition) is 6. The third kappa shape index (κ3) is 2.54. The predicted molar refractivity (Wildman–Crippen MR) is 84.2 cm³/mol. The third-order valence-corrected chi connectivity index (χ3v) is 3.96. The summed E-state index contributed by atoms with van der Waals surface area (Å²) in [5.74, 6) is 0.956. The van der Waals surface area contributed by atoms with Crippen molar-refractivity contribution < 1.29 is 13.7 Å². The molecule has 3 heterocycles. The van der Waals surface area contributed by atoms with Gasteiger partial charge in [-0.05, 0) is 31.9 Å². The molecule has 1 aromatic carbocycles. The molecule has 3 aromatic rings. The SMILES string of the molecule is Cc1cc(NC(=O)[C@H]2CCCN2c2nc3ccccc3o2)no1. The van der Waals surface area contributed by atoms with Gasteiger partial charge in [-0.2, -0.15) is 4.98 Å². The fourth-order valence-corrected chi connectivity index (χ4v) is 2.89. The Morgan fingerprint density at radius 1 is 1.39 bits per heavy atom. The summed E-state index contributed by atoms with van der Waals surface area (Å²) in [5.41, 5.74) is 1.52. The smallest absolute Gasteiger partial charge is 0.299 e. The largest absolute Gasteiger partial charge is 0.423 e. The summed E-state index contributed by atoms with van der Waals surface area (Å²) in [6.07, 6.45) is 1.66. The molecule has 1 saturated heterocycles. The second-order valence-electron chi connectivity index (χ2n) is 5.63. The second-order valence-corrected chi connectivity index (χ2v) is 5.63. The summed E-state index contributed by atoms with van der Waals surface area (Å²) in [5, 5.41) is 6.58. The summed E-state index contributed by atoms with van der Waals surface area (Å²) in [4.78, 5) is 18.9. The molecule has 1 atom stereocenters. The van der Waals surface area contributed by atoms with E-state index in [1.54, 1.807) is 13.0 Å². The summed E-state index contributed by atoms with van der Waals surface area (Å²) in [6, 6.07) is 9.44. The lowest BCUT2D eigenvalue weighted by Crippen LogP contribution is -2.40. The molecule has 0 saturated carbocycles. The van der Waals surface area contributed by atoms with Gasteiger partial charge in [0, 0.05) is 12.6 Å². The molecule has 23 heavy (non-hydrogen) atoms. The van der Waals surface area contributed by atoms with Crippen molar-refractivity contribution in [1.29, 1.82) is 0 Å². The van der Waals surface area contributed by atoms with Crippen LogP contribution in [0, 0.1) is 6.92 Å². The van der Waals surface area contributed by atoms with Gasteiger partial charge < -0.3 is 19.2 Å². The van der Waals surface area contributed by atoms with Crippen molar-refractivity contribution in [2.75, 3.05) is 16.8 Å². The third-order valence-electron chi connectivity index (χ3n) is 3.96. The molecule has 1 aliphatic heterocycles. The number of para-hydroxylation sites is 2. The quantitative estimate of drug-likeness (QED) is 0.800. The van der Waals surface area contributed by atoms with E-state index in [1.165, 1.54) is 0 Å². The maximum absolute atomic E-state index is 12.5. The molecule has 118 valence electrons. The summed E-state index contributed by atoms with van der Waals surface area (Å²) >= 11 is 0. The zero-order chi connectivity index (χ0) is 15.8. The van der Waals surface area contributed by atoms with Crippen LogP contribution in [0.15, 0.2) is 39.3 Å². The Morgan fingerprint density at radius 3 is 3.04 bits per heavy atom. The van der Waals surface area contributed by atoms with Crippen LogP contribution in [-0.4, -0.2) is 28.6 Å². The Hall–Kier alpha value is -2.83. The molecule has 0 aliphatic carbocycles. The van der Waals surface area contributed by atoms with E-state index in [-0.39, 0.29) is 11.9 Å². The van der Waals surface area contributed by atoms with Gasteiger partial charge in [-0.1, -0.05) is 17.3 Å². The molecule has 0 spiro atoms. The molecular weight excluding hydrogens is 296 g/mol. The second kappa shape index (κ2) is 5.42. The fraction of sp³-hybridized carbons (Fsp3) is 0.312. The Bertz CT molecular complexity index is 821. The number of oxazole rings is 1. The van der Waals surface area contributed by atoms with Gasteiger partial charge in [0.15, 0.2) is 11.4 Å². The highest BCUT2D eigenvalue weighted by atomic mass is 16.5. The number of aryl methyl sites for hydroxylation is 1. The van der Waals surface area contributed by atoms with Crippen LogP contribution in [0.25, 0.3) is 11.1 Å². The minimum atomic E-state index is -0.319. The standard InChI is InChI=1S/C16H16N4O3/c1-10-9-14(19-23-10)18-15(21)12-6-4-8-20(12)16-17-11-5-2-3-7-13(11)22-16/h2-3,5,7,9,12H,4,6,8H2,1H3,(H,18,19,21)/t12-/m1/s1. The van der Waals surface area contributed by atoms with Gasteiger partial charge in [0.25, 0.3) is 6.01 Å². The lowest BCUT2D eigenvalue weighted by Gasteiger charge is -2.21. The van der Waals surface area contributed by atoms with Crippen molar-refractivity contribution >= 4 is 28.8 Å². The van der Waals surface area contributed by atoms with Crippen LogP contribution < -0.4 is 10.2 Å². The van der Waals surface area contributed by atoms with Crippen LogP contribution in [0.5, 0.6) is 0 Å². The highest BCUT2D eigenvalue weighted by Gasteiger charge is 2.34. The van der Waals surface area contributed by atoms with Crippen LogP contribution in [0.2, 0.25) is 0 Å². The molecule has 7 heteroatoms. The van der Waals surface area contributed by atoms with Crippen molar-refractivity contribution in [2.24, 2.45) is 0 Å². The first-order valence-corrected chi connectivity index (χ1v) is 7.57. The van der Waals surface area contributed by atoms with Crippen molar-refractivity contribution in [3.8, 4) is 0 Å². The van der Waals surface area contributed by atoms with Gasteiger partial charge in [-0.15, -0.1) is 0 Å². The summed E-state index contributed by atoms with van der Waals surface area (Å²) in [6.45, 7) is 2.52. The molecule has 1 fully saturated rings. The van der Waals surface area contributed by atoms with Crippen LogP contribution in [0.4, 0.5) is 11.8 Å². The van der Waals surface area contributed by atoms with Crippen molar-refractivity contribution in [2.45, 2.75) is 25.8 Å². The number of carbonyl (C=O) groups is 1. The summed E-state index contributed by atoms with van der Waals surface area (Å²) in [7, 11) is 0. The number of amides is 1. The number of carbonyl (C=O) groups excluding carboxylic acids is 1. The van der Waals surface area contributed by atoms with Gasteiger partial charge >= 0.3 is 0 Å². The molecule has 1 aliphatic rings. The number of benzene rings is 1. The number of anilines is 2. The first kappa shape index (κ1) is 13.8. The molecule has 0 radical (unpaired) electrons. The first-order valence-electron chi connectivity index (χ1n) is 7.57. The zero-order valence-electron chi connectivity index (χ0n) is 12.7. The number of hydrogen-bond donors (Lipinski definition) is 1. The van der Waals surface area contributed by atoms with E-state index >= 15 is 0 Å². The average Bonchev–Trinajstić information content (AvgIpc) is 3.24. The van der Waals surface area contributed by atoms with E-state index in [4.69, 9.17) is 8.94 Å². The Kier molecular flexibility index (Phi) is 3.25. The van der Waals surface area contributed by atoms with Gasteiger partial charge in [0.2, 0.25) is 5.91 Å². The Balaban J connectivity index is 1.57. The van der Waals surface area contributed by atoms with Gasteiger partial charge in [0.1, 0.15) is 17.3 Å². The molecule has 2 aromatic heterocycles. The minimum absolute atomic E-state index is 0.127. The van der Waals surface area contributed by atoms with Crippen molar-refractivity contribution in [3.05, 3.63) is 36.1 Å². The molecule has 1 N–H and O–H groups in total. The molecule has 1 amide bonds. The summed E-state index contributed by atoms with van der Waals surface area (Å²) < 4.78 is 10.8. The average molecular weight is 312 g/mol. The number of nitrogens with one attached hydrogen (secondary N) is 1. The molecule has 4 rings (SSSR count). The van der Waals surface area contributed by atoms with Gasteiger partial charge in [0.05, 0.1) is 0 Å². The first-order chi connectivity index (χ1) is 11.2. The monoisotopic (exact) mass is 312 g/mol. The number of fused-ring (bicyclic) bond motifs is 1. The number of aromatic nitrogens is 2. The number of nitrogens with zero attached hydrogens (tertiary/aromatic N) is 3. The van der Waals surface area contributed by atoms with Crippen molar-refractivity contribution in [3.63, 3.8) is 0 Å². The van der Waals surface area contributed by atoms with E-state index in [1.807, 2.05) is 29.2 Å². The Morgan fingerprint density at radius 2 is 2.26 bits per heavy atom. The molecule has 7 nitrogen and oxygen atoms in total. The van der Waals surface area contributed by atoms with E-state index < -0.39 is 0 Å². The topological polar surface area (TPSA) is 84.4 Å². The van der Waals surface area contributed by atoms with E-state index in [9.17, 15) is 4.79 Å². The normalized spacial score (nSPS) is 17.8. The number of rotatable bonds is 3. The molecule has 0 bridgehead atoms. The van der Waals surface area contributed by atoms with Crippen LogP contribution in [0.3, 0.4) is 0 Å². The Labute approximate surface area is 132 Å².